The van der Waals surface area contributed by atoms with E-state index in [9.17, 15) is 19.5 Å². The molecule has 2 atom stereocenters. The fourth-order valence-corrected chi connectivity index (χ4v) is 10.3. The minimum atomic E-state index is -1.52. The fraction of sp³-hybridized carbons (Fsp3) is 0.756. The van der Waals surface area contributed by atoms with Crippen LogP contribution in [0.5, 0.6) is 0 Å². The number of aliphatic carboxylic acids is 1. The normalized spacial score (nSPS) is 13.3. The van der Waals surface area contributed by atoms with E-state index in [0.717, 1.165) is 96.3 Å². The molecule has 0 aliphatic heterocycles. The van der Waals surface area contributed by atoms with Crippen molar-refractivity contribution in [2.24, 2.45) is 0 Å². The van der Waals surface area contributed by atoms with Crippen LogP contribution in [0.15, 0.2) is 97.2 Å². The highest BCUT2D eigenvalue weighted by Gasteiger charge is 2.25. The average molecular weight is 1220 g/mol. The lowest BCUT2D eigenvalue weighted by Gasteiger charge is -2.25. The number of hydrogen-bond acceptors (Lipinski definition) is 7. The van der Waals surface area contributed by atoms with E-state index in [-0.39, 0.29) is 32.2 Å². The summed E-state index contributed by atoms with van der Waals surface area (Å²) in [6, 6.07) is 0. The van der Waals surface area contributed by atoms with Crippen molar-refractivity contribution in [3.63, 3.8) is 0 Å². The molecule has 0 aromatic heterocycles. The highest BCUT2D eigenvalue weighted by Crippen LogP contribution is 2.18. The number of rotatable bonds is 67. The molecular formula is C78H138NO8+. The Morgan fingerprint density at radius 3 is 0.977 bits per heavy atom. The van der Waals surface area contributed by atoms with Crippen LogP contribution in [0.3, 0.4) is 0 Å². The first-order valence-corrected chi connectivity index (χ1v) is 36.4. The van der Waals surface area contributed by atoms with Gasteiger partial charge in [0, 0.05) is 12.8 Å². The lowest BCUT2D eigenvalue weighted by atomic mass is 10.0. The van der Waals surface area contributed by atoms with Gasteiger partial charge in [0.2, 0.25) is 0 Å². The third-order valence-corrected chi connectivity index (χ3v) is 15.9. The maximum atomic E-state index is 13.0. The molecule has 0 rings (SSSR count). The Balaban J connectivity index is 4.12. The van der Waals surface area contributed by atoms with Gasteiger partial charge in [0.15, 0.2) is 6.10 Å². The van der Waals surface area contributed by atoms with Crippen molar-refractivity contribution in [3.8, 4) is 0 Å². The van der Waals surface area contributed by atoms with Crippen LogP contribution in [0, 0.1) is 0 Å². The fourth-order valence-electron chi connectivity index (χ4n) is 10.3. The van der Waals surface area contributed by atoms with Crippen LogP contribution in [0.4, 0.5) is 0 Å². The van der Waals surface area contributed by atoms with E-state index in [1.54, 1.807) is 0 Å². The molecule has 0 aliphatic carbocycles. The average Bonchev–Trinajstić information content (AvgIpc) is 3.56. The zero-order valence-electron chi connectivity index (χ0n) is 57.4. The highest BCUT2D eigenvalue weighted by atomic mass is 16.7. The van der Waals surface area contributed by atoms with Gasteiger partial charge in [-0.15, -0.1) is 0 Å². The van der Waals surface area contributed by atoms with Crippen molar-refractivity contribution in [2.45, 2.75) is 334 Å². The van der Waals surface area contributed by atoms with Crippen LogP contribution in [0.25, 0.3) is 0 Å². The Morgan fingerprint density at radius 1 is 0.356 bits per heavy atom. The standard InChI is InChI=1S/C78H137NO8/c1-6-8-10-12-14-16-18-20-22-24-26-28-30-32-34-35-36-37-38-39-40-41-43-45-47-49-51-53-55-57-59-61-63-65-67-69-76(81)87-74(73-86-78(77(82)83)84-71-70-79(3,4)5)72-85-75(80)68-66-64-62-60-58-56-54-52-50-48-46-44-42-33-31-29-27-25-23-21-19-17-15-13-11-9-7-2/h8,10,14,16,20,22,26,28,32,34,36-37,39-40,43,45,74,78H,6-7,9,11-13,15,17-19,21,23-25,27,29-31,33,35,38,41-42,44,46-73H2,1-5H3/p+1/b10-8-,16-14-,22-20-,28-26-,34-32-,37-36-,40-39-,45-43-. The minimum absolute atomic E-state index is 0.184. The Bertz CT molecular complexity index is 1750. The molecule has 9 heteroatoms. The molecule has 0 aliphatic rings. The van der Waals surface area contributed by atoms with Gasteiger partial charge in [-0.2, -0.15) is 0 Å². The Morgan fingerprint density at radius 2 is 0.655 bits per heavy atom. The Labute approximate surface area is 537 Å². The SMILES string of the molecule is CC/C=C\C/C=C\C/C=C\C/C=C\C/C=C\C/C=C\C/C=C\C/C=C\CCCCCCCCCCCCC(=O)OC(COC(=O)CCCCCCCCCCCCCCCCCCCCCCCCCCCCC)COC(OCC[N+](C)(C)C)C(=O)O. The quantitative estimate of drug-likeness (QED) is 0.0211. The van der Waals surface area contributed by atoms with Gasteiger partial charge >= 0.3 is 17.9 Å². The van der Waals surface area contributed by atoms with E-state index < -0.39 is 24.3 Å². The van der Waals surface area contributed by atoms with Gasteiger partial charge in [0.1, 0.15) is 13.2 Å². The monoisotopic (exact) mass is 1220 g/mol. The molecule has 0 bridgehead atoms. The zero-order valence-corrected chi connectivity index (χ0v) is 57.4. The Hall–Kier alpha value is -3.79. The number of quaternary nitrogens is 1. The number of allylic oxidation sites excluding steroid dienone is 16. The number of likely N-dealkylation sites (N-methyl/N-ethyl adjacent to an activating group) is 1. The smallest absolute Gasteiger partial charge is 0.361 e. The van der Waals surface area contributed by atoms with Crippen LogP contribution in [0.2, 0.25) is 0 Å². The van der Waals surface area contributed by atoms with Gasteiger partial charge < -0.3 is 28.5 Å². The van der Waals surface area contributed by atoms with Crippen molar-refractivity contribution in [1.82, 2.24) is 0 Å². The van der Waals surface area contributed by atoms with Crippen LogP contribution in [0.1, 0.15) is 322 Å². The van der Waals surface area contributed by atoms with Crippen molar-refractivity contribution in [1.29, 1.82) is 0 Å². The molecule has 0 amide bonds. The first-order valence-electron chi connectivity index (χ1n) is 36.4. The van der Waals surface area contributed by atoms with Crippen molar-refractivity contribution < 1.29 is 42.9 Å². The Kier molecular flexibility index (Phi) is 65.2. The summed E-state index contributed by atoms with van der Waals surface area (Å²) < 4.78 is 23.0. The first-order chi connectivity index (χ1) is 42.6. The third kappa shape index (κ3) is 69.5. The number of carbonyl (C=O) groups excluding carboxylic acids is 2. The number of hydrogen-bond donors (Lipinski definition) is 1. The zero-order chi connectivity index (χ0) is 63.3. The number of esters is 2. The second kappa shape index (κ2) is 68.1. The number of ether oxygens (including phenoxy) is 4. The summed E-state index contributed by atoms with van der Waals surface area (Å²) in [6.45, 7) is 4.80. The molecular weight excluding hydrogens is 1080 g/mol. The topological polar surface area (TPSA) is 108 Å². The van der Waals surface area contributed by atoms with E-state index >= 15 is 0 Å². The van der Waals surface area contributed by atoms with Gasteiger partial charge in [0.25, 0.3) is 6.29 Å². The number of nitrogens with zero attached hydrogens (tertiary/aromatic N) is 1. The lowest BCUT2D eigenvalue weighted by molar-refractivity contribution is -0.870. The number of carboxylic acid groups (broad SMARTS) is 1. The van der Waals surface area contributed by atoms with Gasteiger partial charge in [-0.05, 0) is 77.0 Å². The molecule has 502 valence electrons. The van der Waals surface area contributed by atoms with Crippen molar-refractivity contribution in [2.75, 3.05) is 47.5 Å². The summed E-state index contributed by atoms with van der Waals surface area (Å²) in [7, 11) is 5.98. The minimum Gasteiger partial charge on any atom is -0.477 e. The number of carboxylic acids is 1. The second-order valence-electron chi connectivity index (χ2n) is 25.5. The molecule has 0 radical (unpaired) electrons. The number of unbranched alkanes of at least 4 members (excludes halogenated alkanes) is 36. The maximum Gasteiger partial charge on any atom is 0.361 e. The molecule has 0 heterocycles. The van der Waals surface area contributed by atoms with Crippen LogP contribution in [-0.4, -0.2) is 87.4 Å². The molecule has 0 fully saturated rings. The van der Waals surface area contributed by atoms with Crippen molar-refractivity contribution in [3.05, 3.63) is 97.2 Å². The van der Waals surface area contributed by atoms with E-state index in [0.29, 0.717) is 23.9 Å². The summed E-state index contributed by atoms with van der Waals surface area (Å²) in [5.74, 6) is -2.00. The van der Waals surface area contributed by atoms with E-state index in [1.165, 1.54) is 193 Å². The lowest BCUT2D eigenvalue weighted by Crippen LogP contribution is -2.40. The van der Waals surface area contributed by atoms with Crippen LogP contribution >= 0.6 is 0 Å². The predicted molar refractivity (Wildman–Crippen MR) is 373 cm³/mol. The highest BCUT2D eigenvalue weighted by molar-refractivity contribution is 5.71. The summed E-state index contributed by atoms with van der Waals surface area (Å²) in [4.78, 5) is 37.7. The molecule has 0 spiro atoms. The molecule has 2 unspecified atom stereocenters. The van der Waals surface area contributed by atoms with E-state index in [2.05, 4.69) is 111 Å². The molecule has 0 aromatic rings. The molecule has 9 nitrogen and oxygen atoms in total. The molecule has 0 saturated carbocycles. The summed E-state index contributed by atoms with van der Waals surface area (Å²) in [5, 5.41) is 9.75. The van der Waals surface area contributed by atoms with Gasteiger partial charge in [-0.25, -0.2) is 4.79 Å². The van der Waals surface area contributed by atoms with Crippen molar-refractivity contribution >= 4 is 17.9 Å². The van der Waals surface area contributed by atoms with Gasteiger partial charge in [-0.1, -0.05) is 329 Å². The molecule has 0 aromatic carbocycles. The summed E-state index contributed by atoms with van der Waals surface area (Å²) in [5.41, 5.74) is 0. The third-order valence-electron chi connectivity index (χ3n) is 15.9. The summed E-state index contributed by atoms with van der Waals surface area (Å²) in [6.07, 6.45) is 91.0. The molecule has 1 N–H and O–H groups in total. The first kappa shape index (κ1) is 83.2. The number of carbonyl (C=O) groups is 3. The molecule has 87 heavy (non-hydrogen) atoms. The second-order valence-corrected chi connectivity index (χ2v) is 25.5. The van der Waals surface area contributed by atoms with Crippen LogP contribution in [-0.2, 0) is 33.3 Å². The predicted octanol–water partition coefficient (Wildman–Crippen LogP) is 22.8. The summed E-state index contributed by atoms with van der Waals surface area (Å²) >= 11 is 0. The molecule has 0 saturated heterocycles. The van der Waals surface area contributed by atoms with E-state index in [4.69, 9.17) is 18.9 Å². The van der Waals surface area contributed by atoms with Crippen LogP contribution < -0.4 is 0 Å². The van der Waals surface area contributed by atoms with Gasteiger partial charge in [-0.3, -0.25) is 9.59 Å². The van der Waals surface area contributed by atoms with E-state index in [1.807, 2.05) is 21.1 Å². The van der Waals surface area contributed by atoms with Gasteiger partial charge in [0.05, 0.1) is 34.4 Å². The maximum absolute atomic E-state index is 13.0. The largest absolute Gasteiger partial charge is 0.477 e.